The number of rotatable bonds is 3. The molecule has 1 aromatic rings. The van der Waals surface area contributed by atoms with Gasteiger partial charge in [-0.15, -0.1) is 0 Å². The van der Waals surface area contributed by atoms with E-state index in [0.717, 1.165) is 35.6 Å². The summed E-state index contributed by atoms with van der Waals surface area (Å²) in [4.78, 5) is 12.7. The molecule has 142 valence electrons. The summed E-state index contributed by atoms with van der Waals surface area (Å²) in [5, 5.41) is 3.01. The van der Waals surface area contributed by atoms with Crippen molar-refractivity contribution in [2.24, 2.45) is 0 Å². The van der Waals surface area contributed by atoms with Crippen LogP contribution in [0.4, 0.5) is 0 Å². The smallest absolute Gasteiger partial charge is 0.280 e. The van der Waals surface area contributed by atoms with Gasteiger partial charge < -0.3 is 14.8 Å². The molecule has 8 nitrogen and oxygen atoms in total. The van der Waals surface area contributed by atoms with E-state index < -0.39 is 22.3 Å². The second-order valence-corrected chi connectivity index (χ2v) is 8.81. The molecule has 4 rings (SSSR count). The molecule has 1 amide bonds. The highest BCUT2D eigenvalue weighted by Gasteiger charge is 2.41. The van der Waals surface area contributed by atoms with Crippen molar-refractivity contribution in [1.82, 2.24) is 14.3 Å². The summed E-state index contributed by atoms with van der Waals surface area (Å²) in [5.74, 6) is 1.00. The van der Waals surface area contributed by atoms with Gasteiger partial charge in [0.1, 0.15) is 6.04 Å². The molecule has 1 saturated carbocycles. The van der Waals surface area contributed by atoms with Crippen LogP contribution in [0.3, 0.4) is 0 Å². The predicted molar refractivity (Wildman–Crippen MR) is 93.9 cm³/mol. The third-order valence-corrected chi connectivity index (χ3v) is 6.97. The Labute approximate surface area is 153 Å². The van der Waals surface area contributed by atoms with Crippen LogP contribution in [0.15, 0.2) is 18.2 Å². The summed E-state index contributed by atoms with van der Waals surface area (Å²) in [6.45, 7) is 0.157. The first-order chi connectivity index (χ1) is 12.4. The van der Waals surface area contributed by atoms with Gasteiger partial charge in [-0.2, -0.15) is 17.4 Å². The number of likely N-dealkylation sites (N-methyl/N-ethyl adjacent to an activating group) is 1. The van der Waals surface area contributed by atoms with Crippen LogP contribution in [-0.2, 0) is 15.0 Å². The van der Waals surface area contributed by atoms with Crippen molar-refractivity contribution in [3.63, 3.8) is 0 Å². The van der Waals surface area contributed by atoms with E-state index in [-0.39, 0.29) is 18.7 Å². The lowest BCUT2D eigenvalue weighted by molar-refractivity contribution is -0.126. The number of hydrogen-bond acceptors (Lipinski definition) is 5. The highest BCUT2D eigenvalue weighted by molar-refractivity contribution is 7.87. The summed E-state index contributed by atoms with van der Waals surface area (Å²) in [5.41, 5.74) is 0.754. The Morgan fingerprint density at radius 1 is 1.23 bits per heavy atom. The van der Waals surface area contributed by atoms with Crippen molar-refractivity contribution in [2.75, 3.05) is 13.8 Å². The van der Waals surface area contributed by atoms with Crippen LogP contribution in [-0.4, -0.2) is 44.6 Å². The quantitative estimate of drug-likeness (QED) is 0.816. The Morgan fingerprint density at radius 3 is 2.73 bits per heavy atom. The van der Waals surface area contributed by atoms with Gasteiger partial charge in [-0.05, 0) is 37.0 Å². The largest absolute Gasteiger partial charge is 0.454 e. The fourth-order valence-electron chi connectivity index (χ4n) is 3.82. The van der Waals surface area contributed by atoms with Gasteiger partial charge in [0.05, 0.1) is 6.04 Å². The number of fused-ring (bicyclic) bond motifs is 1. The molecule has 2 atom stereocenters. The molecule has 26 heavy (non-hydrogen) atoms. The highest BCUT2D eigenvalue weighted by Crippen LogP contribution is 2.36. The summed E-state index contributed by atoms with van der Waals surface area (Å²) < 4.78 is 39.5. The van der Waals surface area contributed by atoms with Crippen molar-refractivity contribution in [2.45, 2.75) is 50.2 Å². The Hall–Kier alpha value is -1.84. The third-order valence-electron chi connectivity index (χ3n) is 5.37. The standard InChI is InChI=1S/C17H23N3O5S/c1-20-14(17(21)18-12-4-2-3-5-12)9-13(19-26(20,22)23)11-6-7-15-16(8-11)25-10-24-15/h6-8,12-14,19H,2-5,9-10H2,1H3,(H,18,21). The summed E-state index contributed by atoms with van der Waals surface area (Å²) in [7, 11) is -2.31. The monoisotopic (exact) mass is 381 g/mol. The molecule has 0 aromatic heterocycles. The van der Waals surface area contributed by atoms with Crippen LogP contribution in [0.25, 0.3) is 0 Å². The van der Waals surface area contributed by atoms with Crippen molar-refractivity contribution in [3.8, 4) is 11.5 Å². The molecule has 1 aliphatic carbocycles. The molecule has 0 bridgehead atoms. The van der Waals surface area contributed by atoms with Crippen LogP contribution in [0, 0.1) is 0 Å². The zero-order valence-electron chi connectivity index (χ0n) is 14.6. The number of nitrogens with one attached hydrogen (secondary N) is 2. The topological polar surface area (TPSA) is 97.0 Å². The molecule has 0 radical (unpaired) electrons. The number of ether oxygens (including phenoxy) is 2. The first-order valence-electron chi connectivity index (χ1n) is 8.89. The highest BCUT2D eigenvalue weighted by atomic mass is 32.2. The Balaban J connectivity index is 1.56. The average Bonchev–Trinajstić information content (AvgIpc) is 3.27. The van der Waals surface area contributed by atoms with Crippen molar-refractivity contribution < 1.29 is 22.7 Å². The SMILES string of the molecule is CN1C(C(=O)NC2CCCC2)CC(c2ccc3c(c2)OCO3)NS1(=O)=O. The summed E-state index contributed by atoms with van der Waals surface area (Å²) in [6.07, 6.45) is 4.47. The lowest BCUT2D eigenvalue weighted by Gasteiger charge is -2.36. The van der Waals surface area contributed by atoms with E-state index in [4.69, 9.17) is 9.47 Å². The molecule has 2 aliphatic heterocycles. The molecular formula is C17H23N3O5S. The van der Waals surface area contributed by atoms with E-state index in [1.807, 2.05) is 0 Å². The number of nitrogens with zero attached hydrogens (tertiary/aromatic N) is 1. The molecule has 0 spiro atoms. The fourth-order valence-corrected chi connectivity index (χ4v) is 5.10. The zero-order valence-corrected chi connectivity index (χ0v) is 15.4. The molecule has 3 aliphatic rings. The van der Waals surface area contributed by atoms with Gasteiger partial charge in [-0.3, -0.25) is 4.79 Å². The van der Waals surface area contributed by atoms with E-state index >= 15 is 0 Å². The normalized spacial score (nSPS) is 28.2. The molecule has 1 saturated heterocycles. The van der Waals surface area contributed by atoms with Gasteiger partial charge in [0, 0.05) is 13.1 Å². The van der Waals surface area contributed by atoms with Crippen LogP contribution in [0.2, 0.25) is 0 Å². The van der Waals surface area contributed by atoms with Crippen LogP contribution in [0.5, 0.6) is 11.5 Å². The number of amides is 1. The molecule has 2 heterocycles. The fraction of sp³-hybridized carbons (Fsp3) is 0.588. The Morgan fingerprint density at radius 2 is 1.96 bits per heavy atom. The minimum absolute atomic E-state index is 0.150. The van der Waals surface area contributed by atoms with Crippen molar-refractivity contribution in [3.05, 3.63) is 23.8 Å². The maximum Gasteiger partial charge on any atom is 0.280 e. The van der Waals surface area contributed by atoms with E-state index in [0.29, 0.717) is 17.9 Å². The minimum atomic E-state index is -3.75. The van der Waals surface area contributed by atoms with E-state index in [1.165, 1.54) is 7.05 Å². The molecule has 1 aromatic carbocycles. The maximum absolute atomic E-state index is 12.7. The average molecular weight is 381 g/mol. The Kier molecular flexibility index (Phi) is 4.54. The lowest BCUT2D eigenvalue weighted by Crippen LogP contribution is -2.58. The minimum Gasteiger partial charge on any atom is -0.454 e. The number of hydrogen-bond donors (Lipinski definition) is 2. The maximum atomic E-state index is 12.7. The summed E-state index contributed by atoms with van der Waals surface area (Å²) >= 11 is 0. The zero-order chi connectivity index (χ0) is 18.3. The first kappa shape index (κ1) is 17.6. The molecule has 9 heteroatoms. The van der Waals surface area contributed by atoms with E-state index in [9.17, 15) is 13.2 Å². The van der Waals surface area contributed by atoms with Gasteiger partial charge in [0.2, 0.25) is 12.7 Å². The van der Waals surface area contributed by atoms with Gasteiger partial charge in [0.25, 0.3) is 10.2 Å². The van der Waals surface area contributed by atoms with Gasteiger partial charge in [-0.1, -0.05) is 18.9 Å². The van der Waals surface area contributed by atoms with E-state index in [1.54, 1.807) is 18.2 Å². The predicted octanol–water partition coefficient (Wildman–Crippen LogP) is 1.05. The molecule has 2 fully saturated rings. The second-order valence-electron chi connectivity index (χ2n) is 7.05. The van der Waals surface area contributed by atoms with Crippen molar-refractivity contribution >= 4 is 16.1 Å². The van der Waals surface area contributed by atoms with Crippen LogP contribution in [0.1, 0.15) is 43.7 Å². The molecular weight excluding hydrogens is 358 g/mol. The summed E-state index contributed by atoms with van der Waals surface area (Å²) in [6, 6.07) is 4.25. The first-order valence-corrected chi connectivity index (χ1v) is 10.3. The van der Waals surface area contributed by atoms with Gasteiger partial charge >= 0.3 is 0 Å². The van der Waals surface area contributed by atoms with Gasteiger partial charge in [-0.25, -0.2) is 0 Å². The molecule has 2 unspecified atom stereocenters. The number of benzene rings is 1. The lowest BCUT2D eigenvalue weighted by atomic mass is 9.98. The van der Waals surface area contributed by atoms with Crippen LogP contribution >= 0.6 is 0 Å². The molecule has 2 N–H and O–H groups in total. The second kappa shape index (κ2) is 6.71. The van der Waals surface area contributed by atoms with Crippen molar-refractivity contribution in [1.29, 1.82) is 0 Å². The van der Waals surface area contributed by atoms with E-state index in [2.05, 4.69) is 10.0 Å². The third kappa shape index (κ3) is 3.26. The number of carbonyl (C=O) groups excluding carboxylic acids is 1. The number of carbonyl (C=O) groups is 1. The Bertz CT molecular complexity index is 807. The van der Waals surface area contributed by atoms with Crippen LogP contribution < -0.4 is 19.5 Å². The van der Waals surface area contributed by atoms with Gasteiger partial charge in [0.15, 0.2) is 11.5 Å².